The predicted octanol–water partition coefficient (Wildman–Crippen LogP) is 10.7. The Kier molecular flexibility index (Phi) is 14.1. The van der Waals surface area contributed by atoms with Crippen LogP contribution in [0.1, 0.15) is 80.5 Å². The third-order valence-corrected chi connectivity index (χ3v) is 7.83. The van der Waals surface area contributed by atoms with Crippen molar-refractivity contribution in [1.82, 2.24) is 0 Å². The van der Waals surface area contributed by atoms with E-state index in [1.807, 2.05) is 30.3 Å². The maximum Gasteiger partial charge on any atom is -0.358 e. The summed E-state index contributed by atoms with van der Waals surface area (Å²) in [6.45, 7) is 15.4. The smallest absolute Gasteiger partial charge is 0.358 e. The van der Waals surface area contributed by atoms with E-state index in [1.54, 1.807) is 0 Å². The molecule has 0 aromatic heterocycles. The summed E-state index contributed by atoms with van der Waals surface area (Å²) < 4.78 is 3.34. The van der Waals surface area contributed by atoms with Gasteiger partial charge in [-0.2, -0.15) is 47.5 Å². The fraction of sp³-hybridized carbons (Fsp3) is 0.282. The molecule has 0 nitrogen and oxygen atoms in total. The zero-order chi connectivity index (χ0) is 28.4. The van der Waals surface area contributed by atoms with Gasteiger partial charge in [0.05, 0.1) is 0 Å². The number of aryl methyl sites for hydroxylation is 1. The number of rotatable bonds is 0. The SMILES string of the molecule is CC1(C)[C-]=Cc2cc3c(cc21)Cc1cc2c(cc1-3)C=CC2(C)C.CC1=CC(C)[C-]=C1.Cc1cc[c-]cc1.Cl.Cl.[CH2]=[Zr].[CH3-]. The standard InChI is InChI=1S/C23H21.C7H9.C7H7.CH3.CH2.2ClH.Zr/c1-22(2)7-5-14-10-18-16(12-20(14)22)9-17-13-21-15(11-19(17)18)6-8-23(21,3)4;1-6-3-4-7(2)5-6;1-7-5-3-2-4-6-7;;;;;/h5-7,10-13H,9H2,1-4H3;3,5,7H,1-2H3;3-6H,1H3;1H3;1H2;2*1H;/q4*-1;;;;. The van der Waals surface area contributed by atoms with Crippen LogP contribution in [0, 0.1) is 38.5 Å². The Morgan fingerprint density at radius 2 is 1.40 bits per heavy atom. The van der Waals surface area contributed by atoms with Crippen LogP contribution in [0.3, 0.4) is 0 Å². The first-order valence-electron chi connectivity index (χ1n) is 13.7. The molecule has 0 saturated heterocycles. The number of allylic oxidation sites excluding steroid dienone is 6. The molecule has 0 radical (unpaired) electrons. The van der Waals surface area contributed by atoms with Crippen LogP contribution in [0.4, 0.5) is 0 Å². The first-order chi connectivity index (χ1) is 18.5. The van der Waals surface area contributed by atoms with E-state index < -0.39 is 0 Å². The Hall–Kier alpha value is -2.05. The second-order valence-electron chi connectivity index (χ2n) is 11.9. The van der Waals surface area contributed by atoms with Crippen molar-refractivity contribution < 1.29 is 24.2 Å². The quantitative estimate of drug-likeness (QED) is 0.163. The zero-order valence-corrected chi connectivity index (χ0v) is 30.4. The van der Waals surface area contributed by atoms with Crippen LogP contribution in [0.25, 0.3) is 23.3 Å². The minimum atomic E-state index is 0. The molecule has 222 valence electrons. The third kappa shape index (κ3) is 8.31. The Morgan fingerprint density at radius 1 is 0.833 bits per heavy atom. The molecule has 0 spiro atoms. The van der Waals surface area contributed by atoms with Gasteiger partial charge in [0.1, 0.15) is 0 Å². The van der Waals surface area contributed by atoms with Crippen LogP contribution >= 0.6 is 24.8 Å². The molecule has 0 aliphatic heterocycles. The molecule has 0 heterocycles. The van der Waals surface area contributed by atoms with Crippen LogP contribution in [0.5, 0.6) is 0 Å². The first-order valence-corrected chi connectivity index (χ1v) is 15.5. The molecule has 1 atom stereocenters. The largest absolute Gasteiger partial charge is 0.358 e. The van der Waals surface area contributed by atoms with Crippen molar-refractivity contribution in [1.29, 1.82) is 0 Å². The number of benzene rings is 3. The van der Waals surface area contributed by atoms with Crippen LogP contribution in [-0.2, 0) is 41.5 Å². The van der Waals surface area contributed by atoms with E-state index in [-0.39, 0.29) is 43.1 Å². The van der Waals surface area contributed by atoms with Crippen LogP contribution in [0.15, 0.2) is 72.3 Å². The molecular weight excluding hydrogens is 631 g/mol. The predicted molar refractivity (Wildman–Crippen MR) is 186 cm³/mol. The summed E-state index contributed by atoms with van der Waals surface area (Å²) in [5.74, 6) is 0.556. The van der Waals surface area contributed by atoms with Gasteiger partial charge in [-0.25, -0.2) is 17.7 Å². The van der Waals surface area contributed by atoms with Crippen LogP contribution < -0.4 is 0 Å². The number of hydrogen-bond donors (Lipinski definition) is 0. The van der Waals surface area contributed by atoms with Crippen molar-refractivity contribution in [3.8, 4) is 11.1 Å². The number of fused-ring (bicyclic) bond motifs is 5. The summed E-state index contributed by atoms with van der Waals surface area (Å²) in [7, 11) is 0. The third-order valence-electron chi connectivity index (χ3n) is 7.83. The van der Waals surface area contributed by atoms with E-state index in [4.69, 9.17) is 0 Å². The first kappa shape index (κ1) is 38.0. The summed E-state index contributed by atoms with van der Waals surface area (Å²) in [5, 5.41) is 0. The summed E-state index contributed by atoms with van der Waals surface area (Å²) in [6.07, 6.45) is 18.7. The molecule has 7 rings (SSSR count). The molecule has 0 saturated carbocycles. The topological polar surface area (TPSA) is 0 Å². The molecular formula is C39H44Cl2Zr-4. The second kappa shape index (κ2) is 15.6. The maximum atomic E-state index is 3.50. The zero-order valence-electron chi connectivity index (χ0n) is 26.3. The molecule has 0 fully saturated rings. The minimum Gasteiger partial charge on any atom is -0.358 e. The maximum absolute atomic E-state index is 3.50. The summed E-state index contributed by atoms with van der Waals surface area (Å²) in [5.41, 5.74) is 14.3. The number of halogens is 2. The second-order valence-corrected chi connectivity index (χ2v) is 11.9. The van der Waals surface area contributed by atoms with E-state index >= 15 is 0 Å². The van der Waals surface area contributed by atoms with Crippen molar-refractivity contribution in [2.24, 2.45) is 5.92 Å². The van der Waals surface area contributed by atoms with Gasteiger partial charge in [-0.05, 0) is 45.9 Å². The van der Waals surface area contributed by atoms with Crippen molar-refractivity contribution >= 4 is 41.2 Å². The summed E-state index contributed by atoms with van der Waals surface area (Å²) in [4.78, 5) is 0. The fourth-order valence-corrected chi connectivity index (χ4v) is 5.63. The molecule has 4 aliphatic carbocycles. The molecule has 42 heavy (non-hydrogen) atoms. The van der Waals surface area contributed by atoms with E-state index in [0.29, 0.717) is 5.92 Å². The van der Waals surface area contributed by atoms with Crippen molar-refractivity contribution in [3.05, 3.63) is 137 Å². The molecule has 3 aromatic carbocycles. The fourth-order valence-electron chi connectivity index (χ4n) is 5.63. The van der Waals surface area contributed by atoms with Gasteiger partial charge in [0.2, 0.25) is 0 Å². The average Bonchev–Trinajstić information content (AvgIpc) is 3.63. The van der Waals surface area contributed by atoms with E-state index in [9.17, 15) is 0 Å². The van der Waals surface area contributed by atoms with Gasteiger partial charge in [-0.3, -0.25) is 12.2 Å². The van der Waals surface area contributed by atoms with Crippen molar-refractivity contribution in [2.45, 2.75) is 65.7 Å². The average molecular weight is 675 g/mol. The van der Waals surface area contributed by atoms with Gasteiger partial charge in [0.15, 0.2) is 0 Å². The Morgan fingerprint density at radius 3 is 1.88 bits per heavy atom. The normalized spacial score (nSPS) is 17.4. The summed E-state index contributed by atoms with van der Waals surface area (Å²) >= 11 is 1.30. The van der Waals surface area contributed by atoms with Crippen LogP contribution in [-0.4, -0.2) is 4.21 Å². The molecule has 3 aromatic rings. The van der Waals surface area contributed by atoms with E-state index in [1.165, 1.54) is 79.9 Å². The van der Waals surface area contributed by atoms with Crippen molar-refractivity contribution in [2.75, 3.05) is 0 Å². The molecule has 4 aliphatic rings. The minimum absolute atomic E-state index is 0. The van der Waals surface area contributed by atoms with Gasteiger partial charge in [0, 0.05) is 5.41 Å². The van der Waals surface area contributed by atoms with Gasteiger partial charge in [0.25, 0.3) is 0 Å². The van der Waals surface area contributed by atoms with Crippen molar-refractivity contribution in [3.63, 3.8) is 0 Å². The molecule has 0 N–H and O–H groups in total. The molecule has 1 unspecified atom stereocenters. The Labute approximate surface area is 283 Å². The van der Waals surface area contributed by atoms with E-state index in [0.717, 1.165) is 6.42 Å². The van der Waals surface area contributed by atoms with Gasteiger partial charge < -0.3 is 7.43 Å². The Balaban J connectivity index is 0.000000388. The molecule has 0 bridgehead atoms. The number of hydrogen-bond acceptors (Lipinski definition) is 0. The van der Waals surface area contributed by atoms with E-state index in [2.05, 4.69) is 119 Å². The molecule has 3 heteroatoms. The molecule has 0 amide bonds. The van der Waals surface area contributed by atoms with Gasteiger partial charge in [-0.15, -0.1) is 43.4 Å². The Bertz CT molecular complexity index is 1410. The monoisotopic (exact) mass is 672 g/mol. The summed E-state index contributed by atoms with van der Waals surface area (Å²) in [6, 6.07) is 20.5. The van der Waals surface area contributed by atoms with Gasteiger partial charge in [-0.1, -0.05) is 77.2 Å². The van der Waals surface area contributed by atoms with Crippen LogP contribution in [0.2, 0.25) is 0 Å². The van der Waals surface area contributed by atoms with Gasteiger partial charge >= 0.3 is 28.4 Å².